The molecule has 2 atom stereocenters. The molecule has 0 aromatic rings. The van der Waals surface area contributed by atoms with Gasteiger partial charge >= 0.3 is 0 Å². The average molecular weight is 156 g/mol. The van der Waals surface area contributed by atoms with Gasteiger partial charge in [0.2, 0.25) is 5.79 Å². The number of hydrogen-bond donors (Lipinski definition) is 0. The summed E-state index contributed by atoms with van der Waals surface area (Å²) in [6.07, 6.45) is 2.76. The Morgan fingerprint density at radius 1 is 1.73 bits per heavy atom. The van der Waals surface area contributed by atoms with E-state index >= 15 is 0 Å². The number of hydrogen-bond acceptors (Lipinski definition) is 3. The maximum absolute atomic E-state index is 11.5. The third-order valence-corrected chi connectivity index (χ3v) is 2.65. The van der Waals surface area contributed by atoms with Gasteiger partial charge in [-0.15, -0.1) is 0 Å². The minimum Gasteiger partial charge on any atom is -0.347 e. The molecule has 0 N–H and O–H groups in total. The Balaban J connectivity index is 2.26. The zero-order chi connectivity index (χ0) is 7.90. The summed E-state index contributed by atoms with van der Waals surface area (Å²) in [6, 6.07) is 0. The lowest BCUT2D eigenvalue weighted by Crippen LogP contribution is -2.41. The van der Waals surface area contributed by atoms with Gasteiger partial charge in [-0.2, -0.15) is 0 Å². The van der Waals surface area contributed by atoms with Crippen LogP contribution >= 0.6 is 0 Å². The maximum atomic E-state index is 11.5. The van der Waals surface area contributed by atoms with Crippen molar-refractivity contribution in [2.45, 2.75) is 25.0 Å². The number of carbonyl (C=O) groups is 1. The van der Waals surface area contributed by atoms with E-state index in [4.69, 9.17) is 9.47 Å². The van der Waals surface area contributed by atoms with Gasteiger partial charge in [-0.25, -0.2) is 0 Å². The SMILES string of the molecule is CO[C@@]12CCC[C@@H](CO1)C2=O. The Hall–Kier alpha value is -0.410. The van der Waals surface area contributed by atoms with E-state index in [1.54, 1.807) is 7.11 Å². The van der Waals surface area contributed by atoms with Crippen molar-refractivity contribution >= 4 is 5.78 Å². The van der Waals surface area contributed by atoms with Gasteiger partial charge in [0.25, 0.3) is 0 Å². The van der Waals surface area contributed by atoms with Crippen LogP contribution in [0.1, 0.15) is 19.3 Å². The highest BCUT2D eigenvalue weighted by Crippen LogP contribution is 2.38. The summed E-state index contributed by atoms with van der Waals surface area (Å²) in [6.45, 7) is 0.562. The third kappa shape index (κ3) is 0.844. The van der Waals surface area contributed by atoms with Gasteiger partial charge in [-0.3, -0.25) is 4.79 Å². The zero-order valence-corrected chi connectivity index (χ0v) is 6.63. The fourth-order valence-electron chi connectivity index (χ4n) is 1.95. The van der Waals surface area contributed by atoms with E-state index in [-0.39, 0.29) is 11.7 Å². The summed E-state index contributed by atoms with van der Waals surface area (Å²) in [5.74, 6) is -0.571. The molecule has 0 spiro atoms. The van der Waals surface area contributed by atoms with Crippen LogP contribution in [0, 0.1) is 5.92 Å². The van der Waals surface area contributed by atoms with Gasteiger partial charge in [0.05, 0.1) is 6.61 Å². The second-order valence-electron chi connectivity index (χ2n) is 3.22. The molecule has 0 aromatic carbocycles. The van der Waals surface area contributed by atoms with Crippen molar-refractivity contribution in [3.63, 3.8) is 0 Å². The van der Waals surface area contributed by atoms with Crippen LogP contribution in [0.15, 0.2) is 0 Å². The molecular formula is C8H12O3. The van der Waals surface area contributed by atoms with Crippen LogP contribution in [0.2, 0.25) is 0 Å². The number of carbonyl (C=O) groups excluding carboxylic acids is 1. The molecule has 1 saturated carbocycles. The molecule has 3 heteroatoms. The standard InChI is InChI=1S/C8H12O3/c1-10-8-4-2-3-6(5-11-8)7(8)9/h6H,2-5H2,1H3/t6-,8-/m0/s1. The summed E-state index contributed by atoms with van der Waals surface area (Å²) in [4.78, 5) is 11.5. The molecule has 2 fully saturated rings. The average Bonchev–Trinajstić information content (AvgIpc) is 2.25. The minimum absolute atomic E-state index is 0.115. The summed E-state index contributed by atoms with van der Waals surface area (Å²) in [7, 11) is 1.55. The molecule has 1 aliphatic heterocycles. The molecule has 62 valence electrons. The van der Waals surface area contributed by atoms with Gasteiger partial charge in [0.15, 0.2) is 5.78 Å². The van der Waals surface area contributed by atoms with Gasteiger partial charge in [-0.1, -0.05) is 0 Å². The second kappa shape index (κ2) is 2.29. The Labute approximate surface area is 65.7 Å². The van der Waals surface area contributed by atoms with Crippen molar-refractivity contribution < 1.29 is 14.3 Å². The highest BCUT2D eigenvalue weighted by atomic mass is 16.7. The molecule has 0 amide bonds. The highest BCUT2D eigenvalue weighted by molar-refractivity contribution is 5.90. The van der Waals surface area contributed by atoms with Gasteiger partial charge in [-0.05, 0) is 12.8 Å². The summed E-state index contributed by atoms with van der Waals surface area (Å²) in [5, 5.41) is 0. The number of ether oxygens (including phenoxy) is 2. The predicted octanol–water partition coefficient (Wildman–Crippen LogP) is 0.728. The van der Waals surface area contributed by atoms with Crippen LogP contribution in [0.3, 0.4) is 0 Å². The summed E-state index contributed by atoms with van der Waals surface area (Å²) < 4.78 is 10.5. The monoisotopic (exact) mass is 156 g/mol. The lowest BCUT2D eigenvalue weighted by Gasteiger charge is -2.27. The van der Waals surface area contributed by atoms with Crippen molar-refractivity contribution in [3.8, 4) is 0 Å². The summed E-state index contributed by atoms with van der Waals surface area (Å²) in [5.41, 5.74) is 0. The van der Waals surface area contributed by atoms with E-state index in [1.807, 2.05) is 0 Å². The van der Waals surface area contributed by atoms with Gasteiger partial charge in [0, 0.05) is 19.4 Å². The largest absolute Gasteiger partial charge is 0.347 e. The molecule has 1 saturated heterocycles. The molecule has 3 nitrogen and oxygen atoms in total. The Morgan fingerprint density at radius 3 is 3.18 bits per heavy atom. The van der Waals surface area contributed by atoms with Crippen molar-refractivity contribution in [1.82, 2.24) is 0 Å². The molecule has 0 radical (unpaired) electrons. The van der Waals surface area contributed by atoms with Gasteiger partial charge < -0.3 is 9.47 Å². The molecule has 1 aliphatic carbocycles. The fourth-order valence-corrected chi connectivity index (χ4v) is 1.95. The third-order valence-electron chi connectivity index (χ3n) is 2.65. The van der Waals surface area contributed by atoms with Crippen molar-refractivity contribution in [1.29, 1.82) is 0 Å². The van der Waals surface area contributed by atoms with Crippen LogP contribution in [-0.2, 0) is 14.3 Å². The topological polar surface area (TPSA) is 35.5 Å². The smallest absolute Gasteiger partial charge is 0.229 e. The van der Waals surface area contributed by atoms with Crippen molar-refractivity contribution in [2.24, 2.45) is 5.92 Å². The molecule has 0 unspecified atom stereocenters. The molecular weight excluding hydrogens is 144 g/mol. The molecule has 1 heterocycles. The number of Topliss-reactive ketones (excluding diaryl/α,β-unsaturated/α-hetero) is 1. The van der Waals surface area contributed by atoms with E-state index in [1.165, 1.54) is 0 Å². The molecule has 2 aliphatic rings. The first-order chi connectivity index (χ1) is 5.28. The Kier molecular flexibility index (Phi) is 1.51. The first-order valence-electron chi connectivity index (χ1n) is 4.02. The van der Waals surface area contributed by atoms with Crippen LogP contribution in [0.5, 0.6) is 0 Å². The second-order valence-corrected chi connectivity index (χ2v) is 3.22. The van der Waals surface area contributed by atoms with E-state index in [9.17, 15) is 4.79 Å². The van der Waals surface area contributed by atoms with Crippen LogP contribution in [0.25, 0.3) is 0 Å². The molecule has 0 aromatic heterocycles. The normalized spacial score (nSPS) is 43.0. The first kappa shape index (κ1) is 7.25. The molecule has 2 bridgehead atoms. The van der Waals surface area contributed by atoms with E-state index in [0.29, 0.717) is 6.61 Å². The summed E-state index contributed by atoms with van der Waals surface area (Å²) >= 11 is 0. The highest BCUT2D eigenvalue weighted by Gasteiger charge is 2.52. The number of fused-ring (bicyclic) bond motifs is 2. The van der Waals surface area contributed by atoms with E-state index in [2.05, 4.69) is 0 Å². The van der Waals surface area contributed by atoms with Crippen LogP contribution in [0.4, 0.5) is 0 Å². The zero-order valence-electron chi connectivity index (χ0n) is 6.63. The first-order valence-corrected chi connectivity index (χ1v) is 4.02. The molecule has 11 heavy (non-hydrogen) atoms. The quantitative estimate of drug-likeness (QED) is 0.561. The van der Waals surface area contributed by atoms with Crippen molar-refractivity contribution in [2.75, 3.05) is 13.7 Å². The lowest BCUT2D eigenvalue weighted by atomic mass is 9.87. The van der Waals surface area contributed by atoms with Crippen LogP contribution in [-0.4, -0.2) is 25.3 Å². The number of rotatable bonds is 1. The Morgan fingerprint density at radius 2 is 2.55 bits per heavy atom. The molecule has 2 rings (SSSR count). The maximum Gasteiger partial charge on any atom is 0.229 e. The van der Waals surface area contributed by atoms with Gasteiger partial charge in [0.1, 0.15) is 0 Å². The Bertz CT molecular complexity index is 186. The minimum atomic E-state index is -0.844. The predicted molar refractivity (Wildman–Crippen MR) is 38.0 cm³/mol. The number of methoxy groups -OCH3 is 1. The fraction of sp³-hybridized carbons (Fsp3) is 0.875. The van der Waals surface area contributed by atoms with Crippen LogP contribution < -0.4 is 0 Å². The lowest BCUT2D eigenvalue weighted by molar-refractivity contribution is -0.199. The van der Waals surface area contributed by atoms with Crippen molar-refractivity contribution in [3.05, 3.63) is 0 Å². The van der Waals surface area contributed by atoms with E-state index < -0.39 is 5.79 Å². The van der Waals surface area contributed by atoms with E-state index in [0.717, 1.165) is 19.3 Å². The number of ketones is 1.